The van der Waals surface area contributed by atoms with E-state index in [1.165, 1.54) is 0 Å². The fourth-order valence-electron chi connectivity index (χ4n) is 2.98. The summed E-state index contributed by atoms with van der Waals surface area (Å²) in [6.07, 6.45) is 0.969. The molecule has 1 atom stereocenters. The van der Waals surface area contributed by atoms with Gasteiger partial charge in [-0.3, -0.25) is 9.59 Å². The lowest BCUT2D eigenvalue weighted by atomic mass is 9.93. The summed E-state index contributed by atoms with van der Waals surface area (Å²) in [5, 5.41) is 5.31. The van der Waals surface area contributed by atoms with E-state index < -0.39 is 5.97 Å². The maximum atomic E-state index is 12.3. The second-order valence-corrected chi connectivity index (χ2v) is 6.41. The van der Waals surface area contributed by atoms with E-state index in [1.807, 2.05) is 37.3 Å². The predicted octanol–water partition coefficient (Wildman–Crippen LogP) is 2.40. The highest BCUT2D eigenvalue weighted by Gasteiger charge is 2.28. The minimum absolute atomic E-state index is 0.0788. The number of hydrogen-bond donors (Lipinski definition) is 2. The van der Waals surface area contributed by atoms with Crippen molar-refractivity contribution in [2.45, 2.75) is 25.9 Å². The molecule has 0 spiro atoms. The molecule has 1 aliphatic heterocycles. The van der Waals surface area contributed by atoms with Crippen LogP contribution in [0.15, 0.2) is 48.5 Å². The van der Waals surface area contributed by atoms with Crippen LogP contribution in [-0.4, -0.2) is 30.9 Å². The first-order valence-electron chi connectivity index (χ1n) is 9.02. The van der Waals surface area contributed by atoms with E-state index in [9.17, 15) is 14.4 Å². The van der Waals surface area contributed by atoms with Crippen molar-refractivity contribution in [3.8, 4) is 0 Å². The number of amides is 2. The molecule has 1 heterocycles. The Morgan fingerprint density at radius 1 is 1.11 bits per heavy atom. The Bertz CT molecular complexity index is 849. The molecule has 0 bridgehead atoms. The highest BCUT2D eigenvalue weighted by Crippen LogP contribution is 2.30. The molecule has 2 aromatic carbocycles. The number of carbonyl (C=O) groups is 3. The van der Waals surface area contributed by atoms with E-state index in [0.717, 1.165) is 17.5 Å². The molecule has 0 radical (unpaired) electrons. The summed E-state index contributed by atoms with van der Waals surface area (Å²) in [5.41, 5.74) is 2.57. The maximum Gasteiger partial charge on any atom is 0.339 e. The van der Waals surface area contributed by atoms with Crippen LogP contribution in [0.2, 0.25) is 0 Å². The van der Waals surface area contributed by atoms with Crippen LogP contribution in [-0.2, 0) is 16.0 Å². The normalized spacial score (nSPS) is 15.4. The average molecular weight is 366 g/mol. The van der Waals surface area contributed by atoms with Crippen LogP contribution in [0.1, 0.15) is 51.3 Å². The standard InChI is InChI=1S/C21H22N2O4/c1-2-10-22-19(24)13-23-20(25)15-8-9-17-16(11-15)12-18(27-21(17)26)14-6-4-3-5-7-14/h3-9,11,18H,2,10,12-13H2,1H3,(H,22,24)(H,23,25)/t18-/m0/s1. The van der Waals surface area contributed by atoms with Crippen molar-refractivity contribution < 1.29 is 19.1 Å². The summed E-state index contributed by atoms with van der Waals surface area (Å²) < 4.78 is 5.52. The molecule has 0 saturated heterocycles. The van der Waals surface area contributed by atoms with Crippen LogP contribution in [0.3, 0.4) is 0 Å². The van der Waals surface area contributed by atoms with Gasteiger partial charge < -0.3 is 15.4 Å². The van der Waals surface area contributed by atoms with Crippen molar-refractivity contribution in [3.05, 3.63) is 70.8 Å². The lowest BCUT2D eigenvalue weighted by molar-refractivity contribution is -0.120. The summed E-state index contributed by atoms with van der Waals surface area (Å²) in [5.74, 6) is -0.966. The minimum atomic E-state index is -0.393. The fourth-order valence-corrected chi connectivity index (χ4v) is 2.98. The third kappa shape index (κ3) is 4.53. The van der Waals surface area contributed by atoms with Crippen molar-refractivity contribution in [2.24, 2.45) is 0 Å². The molecule has 6 nitrogen and oxygen atoms in total. The molecule has 0 unspecified atom stereocenters. The number of nitrogens with one attached hydrogen (secondary N) is 2. The zero-order valence-electron chi connectivity index (χ0n) is 15.2. The zero-order valence-corrected chi connectivity index (χ0v) is 15.2. The summed E-state index contributed by atoms with van der Waals surface area (Å²) in [7, 11) is 0. The molecule has 1 aliphatic rings. The first-order chi connectivity index (χ1) is 13.1. The van der Waals surface area contributed by atoms with Crippen LogP contribution < -0.4 is 10.6 Å². The van der Waals surface area contributed by atoms with Gasteiger partial charge in [-0.25, -0.2) is 4.79 Å². The lowest BCUT2D eigenvalue weighted by Gasteiger charge is -2.25. The van der Waals surface area contributed by atoms with E-state index in [2.05, 4.69) is 10.6 Å². The third-order valence-corrected chi connectivity index (χ3v) is 4.39. The molecule has 140 valence electrons. The molecule has 6 heteroatoms. The Labute approximate surface area is 157 Å². The van der Waals surface area contributed by atoms with Gasteiger partial charge in [0.15, 0.2) is 0 Å². The molecule has 3 rings (SSSR count). The van der Waals surface area contributed by atoms with Gasteiger partial charge in [-0.2, -0.15) is 0 Å². The molecule has 0 saturated carbocycles. The number of carbonyl (C=O) groups excluding carboxylic acids is 3. The number of esters is 1. The van der Waals surface area contributed by atoms with Gasteiger partial charge >= 0.3 is 5.97 Å². The molecule has 0 aliphatic carbocycles. The van der Waals surface area contributed by atoms with Crippen molar-refractivity contribution in [1.29, 1.82) is 0 Å². The zero-order chi connectivity index (χ0) is 19.2. The van der Waals surface area contributed by atoms with Crippen LogP contribution >= 0.6 is 0 Å². The Morgan fingerprint density at radius 2 is 1.89 bits per heavy atom. The van der Waals surface area contributed by atoms with E-state index >= 15 is 0 Å². The first kappa shape index (κ1) is 18.6. The van der Waals surface area contributed by atoms with Gasteiger partial charge in [0.05, 0.1) is 12.1 Å². The van der Waals surface area contributed by atoms with Gasteiger partial charge in [0.25, 0.3) is 5.91 Å². The quantitative estimate of drug-likeness (QED) is 0.769. The van der Waals surface area contributed by atoms with Crippen molar-refractivity contribution in [1.82, 2.24) is 10.6 Å². The number of fused-ring (bicyclic) bond motifs is 1. The largest absolute Gasteiger partial charge is 0.454 e. The summed E-state index contributed by atoms with van der Waals surface area (Å²) in [6, 6.07) is 14.4. The average Bonchev–Trinajstić information content (AvgIpc) is 2.70. The van der Waals surface area contributed by atoms with Gasteiger partial charge in [0.1, 0.15) is 6.10 Å². The van der Waals surface area contributed by atoms with Crippen LogP contribution in [0.25, 0.3) is 0 Å². The van der Waals surface area contributed by atoms with E-state index in [4.69, 9.17) is 4.74 Å². The van der Waals surface area contributed by atoms with E-state index in [-0.39, 0.29) is 24.5 Å². The van der Waals surface area contributed by atoms with Crippen molar-refractivity contribution in [3.63, 3.8) is 0 Å². The number of cyclic esters (lactones) is 1. The van der Waals surface area contributed by atoms with Crippen LogP contribution in [0.5, 0.6) is 0 Å². The van der Waals surface area contributed by atoms with Crippen LogP contribution in [0.4, 0.5) is 0 Å². The van der Waals surface area contributed by atoms with E-state index in [1.54, 1.807) is 18.2 Å². The van der Waals surface area contributed by atoms with Gasteiger partial charge in [-0.1, -0.05) is 37.3 Å². The Kier molecular flexibility index (Phi) is 5.86. The molecule has 0 fully saturated rings. The Morgan fingerprint density at radius 3 is 2.63 bits per heavy atom. The van der Waals surface area contributed by atoms with Gasteiger partial charge in [0.2, 0.25) is 5.91 Å². The van der Waals surface area contributed by atoms with Crippen LogP contribution in [0, 0.1) is 0 Å². The first-order valence-corrected chi connectivity index (χ1v) is 9.02. The number of hydrogen-bond acceptors (Lipinski definition) is 4. The molecule has 27 heavy (non-hydrogen) atoms. The summed E-state index contributed by atoms with van der Waals surface area (Å²) >= 11 is 0. The highest BCUT2D eigenvalue weighted by molar-refractivity contribution is 5.99. The molecule has 2 amide bonds. The molecule has 0 aromatic heterocycles. The predicted molar refractivity (Wildman–Crippen MR) is 100 cm³/mol. The second-order valence-electron chi connectivity index (χ2n) is 6.41. The topological polar surface area (TPSA) is 84.5 Å². The third-order valence-electron chi connectivity index (χ3n) is 4.39. The van der Waals surface area contributed by atoms with E-state index in [0.29, 0.717) is 24.1 Å². The smallest absolute Gasteiger partial charge is 0.339 e. The molecular weight excluding hydrogens is 344 g/mol. The SMILES string of the molecule is CCCNC(=O)CNC(=O)c1ccc2c(c1)C[C@@H](c1ccccc1)OC2=O. The van der Waals surface area contributed by atoms with Gasteiger partial charge in [0, 0.05) is 18.5 Å². The maximum absolute atomic E-state index is 12.3. The number of ether oxygens (including phenoxy) is 1. The van der Waals surface area contributed by atoms with Crippen molar-refractivity contribution >= 4 is 17.8 Å². The fraction of sp³-hybridized carbons (Fsp3) is 0.286. The molecular formula is C21H22N2O4. The highest BCUT2D eigenvalue weighted by atomic mass is 16.5. The molecule has 2 aromatic rings. The summed E-state index contributed by atoms with van der Waals surface area (Å²) in [4.78, 5) is 36.3. The number of rotatable bonds is 6. The number of benzene rings is 2. The minimum Gasteiger partial charge on any atom is -0.454 e. The Hall–Kier alpha value is -3.15. The molecule has 2 N–H and O–H groups in total. The van der Waals surface area contributed by atoms with Gasteiger partial charge in [-0.05, 0) is 35.7 Å². The van der Waals surface area contributed by atoms with Crippen molar-refractivity contribution in [2.75, 3.05) is 13.1 Å². The Balaban J connectivity index is 1.71. The second kappa shape index (κ2) is 8.49. The lowest BCUT2D eigenvalue weighted by Crippen LogP contribution is -2.37. The summed E-state index contributed by atoms with van der Waals surface area (Å²) in [6.45, 7) is 2.46. The van der Waals surface area contributed by atoms with Gasteiger partial charge in [-0.15, -0.1) is 0 Å². The monoisotopic (exact) mass is 366 g/mol.